The predicted molar refractivity (Wildman–Crippen MR) is 81.4 cm³/mol. The van der Waals surface area contributed by atoms with E-state index in [1.807, 2.05) is 0 Å². The van der Waals surface area contributed by atoms with Gasteiger partial charge >= 0.3 is 11.9 Å². The number of methoxy groups -OCH3 is 1. The molecule has 2 N–H and O–H groups in total. The normalized spacial score (nSPS) is 18.6. The molecular formula is C13H26N2O5Si. The number of carbonyl (C=O) groups is 3. The van der Waals surface area contributed by atoms with Crippen LogP contribution in [0.15, 0.2) is 0 Å². The Labute approximate surface area is 128 Å². The Kier molecular flexibility index (Phi) is 9.64. The average Bonchev–Trinajstić information content (AvgIpc) is 2.38. The third kappa shape index (κ3) is 8.46. The molecule has 0 aromatic carbocycles. The van der Waals surface area contributed by atoms with Crippen molar-refractivity contribution in [2.75, 3.05) is 13.8 Å². The first kappa shape index (κ1) is 19.6. The van der Waals surface area contributed by atoms with Crippen molar-refractivity contribution in [3.63, 3.8) is 0 Å². The second-order valence-corrected chi connectivity index (χ2v) is 6.61. The Bertz CT molecular complexity index is 362. The van der Waals surface area contributed by atoms with Crippen molar-refractivity contribution < 1.29 is 23.9 Å². The molecule has 1 fully saturated rings. The highest BCUT2D eigenvalue weighted by Crippen LogP contribution is 2.21. The van der Waals surface area contributed by atoms with Crippen molar-refractivity contribution in [3.05, 3.63) is 0 Å². The van der Waals surface area contributed by atoms with Crippen LogP contribution < -0.4 is 5.73 Å². The first-order valence-corrected chi connectivity index (χ1v) is 9.48. The van der Waals surface area contributed by atoms with Gasteiger partial charge in [-0.25, -0.2) is 0 Å². The lowest BCUT2D eigenvalue weighted by atomic mass is 10.1. The number of β-lactam (4-membered cyclic amide) rings is 1. The van der Waals surface area contributed by atoms with Crippen LogP contribution in [0.4, 0.5) is 0 Å². The zero-order valence-electron chi connectivity index (χ0n) is 13.3. The topological polar surface area (TPSA) is 98.9 Å². The number of likely N-dealkylation sites (tertiary alicyclic amines) is 1. The molecule has 1 heterocycles. The number of nitrogens with zero attached hydrogens (tertiary/aromatic N) is 1. The Hall–Kier alpha value is -1.41. The third-order valence-corrected chi connectivity index (χ3v) is 4.16. The second-order valence-electron chi connectivity index (χ2n) is 5.03. The van der Waals surface area contributed by atoms with Gasteiger partial charge in [-0.3, -0.25) is 14.4 Å². The van der Waals surface area contributed by atoms with Crippen LogP contribution in [0.5, 0.6) is 0 Å². The van der Waals surface area contributed by atoms with Crippen molar-refractivity contribution in [1.82, 2.24) is 4.90 Å². The summed E-state index contributed by atoms with van der Waals surface area (Å²) in [6, 6.07) is 1.39. The maximum absolute atomic E-state index is 11.1. The van der Waals surface area contributed by atoms with E-state index in [0.29, 0.717) is 18.9 Å². The van der Waals surface area contributed by atoms with Gasteiger partial charge in [-0.2, -0.15) is 0 Å². The molecule has 2 atom stereocenters. The maximum Gasteiger partial charge on any atom is 0.307 e. The van der Waals surface area contributed by atoms with Gasteiger partial charge in [0.05, 0.1) is 13.5 Å². The van der Waals surface area contributed by atoms with Crippen molar-refractivity contribution >= 4 is 27.4 Å². The van der Waals surface area contributed by atoms with E-state index < -0.39 is 0 Å². The monoisotopic (exact) mass is 318 g/mol. The SMILES string of the molecule is COC(=O)C[C@@H](C)N.C[SiH2]C[C@H]1CC(=O)N1COC(C)=O. The van der Waals surface area contributed by atoms with Crippen LogP contribution >= 0.6 is 0 Å². The lowest BCUT2D eigenvalue weighted by Crippen LogP contribution is -2.53. The zero-order valence-corrected chi connectivity index (χ0v) is 14.7. The average molecular weight is 318 g/mol. The van der Waals surface area contributed by atoms with E-state index in [-0.39, 0.29) is 40.1 Å². The molecule has 122 valence electrons. The highest BCUT2D eigenvalue weighted by molar-refractivity contribution is 6.33. The Morgan fingerprint density at radius 3 is 2.48 bits per heavy atom. The highest BCUT2D eigenvalue weighted by atomic mass is 28.2. The van der Waals surface area contributed by atoms with Gasteiger partial charge in [0.25, 0.3) is 0 Å². The third-order valence-electron chi connectivity index (χ3n) is 2.92. The van der Waals surface area contributed by atoms with E-state index in [0.717, 1.165) is 6.04 Å². The summed E-state index contributed by atoms with van der Waals surface area (Å²) in [5.41, 5.74) is 5.27. The molecule has 1 saturated heterocycles. The van der Waals surface area contributed by atoms with Gasteiger partial charge in [0.1, 0.15) is 0 Å². The molecule has 1 aliphatic heterocycles. The second kappa shape index (κ2) is 10.3. The minimum atomic E-state index is -0.327. The maximum atomic E-state index is 11.1. The summed E-state index contributed by atoms with van der Waals surface area (Å²) in [4.78, 5) is 33.6. The molecule has 21 heavy (non-hydrogen) atoms. The number of carbonyl (C=O) groups excluding carboxylic acids is 3. The Morgan fingerprint density at radius 1 is 1.52 bits per heavy atom. The quantitative estimate of drug-likeness (QED) is 0.408. The molecule has 1 amide bonds. The molecule has 0 aliphatic carbocycles. The number of amides is 1. The highest BCUT2D eigenvalue weighted by Gasteiger charge is 2.35. The molecule has 0 saturated carbocycles. The van der Waals surface area contributed by atoms with E-state index in [2.05, 4.69) is 11.3 Å². The van der Waals surface area contributed by atoms with Crippen molar-refractivity contribution in [1.29, 1.82) is 0 Å². The molecule has 7 nitrogen and oxygen atoms in total. The molecule has 0 bridgehead atoms. The number of rotatable bonds is 6. The zero-order chi connectivity index (χ0) is 16.4. The van der Waals surface area contributed by atoms with Crippen LogP contribution in [-0.4, -0.2) is 58.2 Å². The van der Waals surface area contributed by atoms with E-state index >= 15 is 0 Å². The van der Waals surface area contributed by atoms with Gasteiger partial charge in [0.2, 0.25) is 5.91 Å². The van der Waals surface area contributed by atoms with Gasteiger partial charge in [0, 0.05) is 34.9 Å². The molecule has 1 rings (SSSR count). The molecular weight excluding hydrogens is 292 g/mol. The van der Waals surface area contributed by atoms with Gasteiger partial charge in [-0.15, -0.1) is 0 Å². The summed E-state index contributed by atoms with van der Waals surface area (Å²) in [5, 5.41) is 0. The van der Waals surface area contributed by atoms with Crippen LogP contribution in [0.2, 0.25) is 12.6 Å². The summed E-state index contributed by atoms with van der Waals surface area (Å²) in [6.45, 7) is 5.48. The van der Waals surface area contributed by atoms with E-state index in [9.17, 15) is 14.4 Å². The van der Waals surface area contributed by atoms with E-state index in [1.54, 1.807) is 11.8 Å². The summed E-state index contributed by atoms with van der Waals surface area (Å²) >= 11 is 0. The molecule has 1 aliphatic rings. The van der Waals surface area contributed by atoms with Crippen molar-refractivity contribution in [3.8, 4) is 0 Å². The summed E-state index contributed by atoms with van der Waals surface area (Å²) in [5.74, 6) is -0.471. The number of ether oxygens (including phenoxy) is 2. The molecule has 0 unspecified atom stereocenters. The fourth-order valence-electron chi connectivity index (χ4n) is 1.80. The number of nitrogens with two attached hydrogens (primary N) is 1. The Balaban J connectivity index is 0.000000433. The van der Waals surface area contributed by atoms with Crippen LogP contribution in [-0.2, 0) is 23.9 Å². The minimum absolute atomic E-state index is 0.0184. The molecule has 0 aromatic heterocycles. The Morgan fingerprint density at radius 2 is 2.14 bits per heavy atom. The van der Waals surface area contributed by atoms with E-state index in [4.69, 9.17) is 10.5 Å². The van der Waals surface area contributed by atoms with Gasteiger partial charge in [0.15, 0.2) is 6.73 Å². The van der Waals surface area contributed by atoms with Crippen LogP contribution in [0, 0.1) is 0 Å². The van der Waals surface area contributed by atoms with Crippen molar-refractivity contribution in [2.45, 2.75) is 51.4 Å². The van der Waals surface area contributed by atoms with Crippen LogP contribution in [0.25, 0.3) is 0 Å². The molecule has 0 spiro atoms. The summed E-state index contributed by atoms with van der Waals surface area (Å²) in [7, 11) is 1.33. The van der Waals surface area contributed by atoms with Gasteiger partial charge in [-0.1, -0.05) is 6.55 Å². The first-order valence-electron chi connectivity index (χ1n) is 7.07. The summed E-state index contributed by atoms with van der Waals surface area (Å²) < 4.78 is 9.12. The standard InChI is InChI=1S/C8H15NO3Si.C5H11NO2/c1-6(10)12-5-9-7(4-13-2)3-8(9)11;1-4(6)3-5(7)8-2/h7H,3-5,13H2,1-2H3;4H,3,6H2,1-2H3/t7-;4-/m11/s1. The summed E-state index contributed by atoms with van der Waals surface area (Å²) in [6.07, 6.45) is 0.943. The fraction of sp³-hybridized carbons (Fsp3) is 0.769. The lowest BCUT2D eigenvalue weighted by Gasteiger charge is -2.39. The smallest absolute Gasteiger partial charge is 0.307 e. The lowest BCUT2D eigenvalue weighted by molar-refractivity contribution is -0.161. The predicted octanol–water partition coefficient (Wildman–Crippen LogP) is -0.360. The minimum Gasteiger partial charge on any atom is -0.469 e. The van der Waals surface area contributed by atoms with Crippen LogP contribution in [0.3, 0.4) is 0 Å². The first-order chi connectivity index (χ1) is 9.81. The molecule has 8 heteroatoms. The number of hydrogen-bond acceptors (Lipinski definition) is 6. The molecule has 0 radical (unpaired) electrons. The number of hydrogen-bond donors (Lipinski definition) is 1. The van der Waals surface area contributed by atoms with E-state index in [1.165, 1.54) is 14.0 Å². The number of esters is 2. The fourth-order valence-corrected chi connectivity index (χ4v) is 2.98. The molecule has 0 aromatic rings. The van der Waals surface area contributed by atoms with Crippen LogP contribution in [0.1, 0.15) is 26.7 Å². The van der Waals surface area contributed by atoms with Gasteiger partial charge < -0.3 is 20.1 Å². The largest absolute Gasteiger partial charge is 0.469 e. The van der Waals surface area contributed by atoms with Crippen molar-refractivity contribution in [2.24, 2.45) is 5.73 Å². The van der Waals surface area contributed by atoms with Gasteiger partial charge in [-0.05, 0) is 13.0 Å².